The molecule has 4 aliphatic rings. The molecule has 128 valence electrons. The fourth-order valence-corrected chi connectivity index (χ4v) is 6.01. The first kappa shape index (κ1) is 15.9. The van der Waals surface area contributed by atoms with Crippen LogP contribution in [0.1, 0.15) is 59.8 Å². The van der Waals surface area contributed by atoms with Crippen LogP contribution in [-0.2, 0) is 9.47 Å². The quantitative estimate of drug-likeness (QED) is 0.687. The van der Waals surface area contributed by atoms with E-state index in [1.165, 1.54) is 11.1 Å². The standard InChI is InChI=1S/C20H30O3/c1-17(2)14-8-9-19(4)15(6-5-7-16(19)21)18(14,3)10-11-20(17)22-12-13-23-20/h6,8,16,21H,5,7,9-13H2,1-4H3/t16-,18?,19?/m1/s1. The number of allylic oxidation sites excluding steroid dienone is 2. The van der Waals surface area contributed by atoms with Crippen molar-refractivity contribution >= 4 is 0 Å². The molecule has 3 nitrogen and oxygen atoms in total. The zero-order valence-corrected chi connectivity index (χ0v) is 14.9. The van der Waals surface area contributed by atoms with Crippen molar-refractivity contribution in [2.75, 3.05) is 13.2 Å². The lowest BCUT2D eigenvalue weighted by atomic mass is 9.47. The van der Waals surface area contributed by atoms with Gasteiger partial charge in [-0.1, -0.05) is 51.0 Å². The van der Waals surface area contributed by atoms with Gasteiger partial charge in [0.05, 0.1) is 19.3 Å². The minimum atomic E-state index is -0.458. The van der Waals surface area contributed by atoms with E-state index >= 15 is 0 Å². The Morgan fingerprint density at radius 1 is 1.00 bits per heavy atom. The van der Waals surface area contributed by atoms with Crippen LogP contribution in [0.25, 0.3) is 0 Å². The SMILES string of the molecule is CC12CCC3(OCCO3)C(C)(C)C1=CCC1(C)C2=CCC[C@H]1O. The molecule has 1 spiro atoms. The maximum Gasteiger partial charge on any atom is 0.177 e. The van der Waals surface area contributed by atoms with Crippen molar-refractivity contribution in [3.63, 3.8) is 0 Å². The number of ether oxygens (including phenoxy) is 2. The summed E-state index contributed by atoms with van der Waals surface area (Å²) in [5.41, 5.74) is 2.70. The number of rotatable bonds is 0. The molecule has 4 rings (SSSR count). The zero-order chi connectivity index (χ0) is 16.5. The monoisotopic (exact) mass is 318 g/mol. The molecule has 2 fully saturated rings. The Morgan fingerprint density at radius 3 is 2.39 bits per heavy atom. The van der Waals surface area contributed by atoms with Crippen LogP contribution in [-0.4, -0.2) is 30.2 Å². The molecule has 3 atom stereocenters. The van der Waals surface area contributed by atoms with E-state index in [1.807, 2.05) is 0 Å². The van der Waals surface area contributed by atoms with Crippen LogP contribution in [0.2, 0.25) is 0 Å². The Hall–Kier alpha value is -0.640. The molecule has 0 bridgehead atoms. The number of aliphatic hydroxyl groups is 1. The Kier molecular flexibility index (Phi) is 3.25. The van der Waals surface area contributed by atoms with Gasteiger partial charge in [0.15, 0.2) is 5.79 Å². The largest absolute Gasteiger partial charge is 0.392 e. The van der Waals surface area contributed by atoms with Gasteiger partial charge in [0.2, 0.25) is 0 Å². The maximum atomic E-state index is 10.7. The lowest BCUT2D eigenvalue weighted by molar-refractivity contribution is -0.238. The van der Waals surface area contributed by atoms with Crippen LogP contribution in [0.3, 0.4) is 0 Å². The van der Waals surface area contributed by atoms with E-state index in [0.29, 0.717) is 13.2 Å². The van der Waals surface area contributed by atoms with E-state index in [-0.39, 0.29) is 22.3 Å². The molecule has 0 aromatic heterocycles. The Labute approximate surface area is 139 Å². The smallest absolute Gasteiger partial charge is 0.177 e. The first-order chi connectivity index (χ1) is 10.8. The van der Waals surface area contributed by atoms with E-state index in [1.54, 1.807) is 0 Å². The topological polar surface area (TPSA) is 38.7 Å². The highest BCUT2D eigenvalue weighted by atomic mass is 16.7. The molecule has 1 saturated heterocycles. The molecule has 0 aromatic rings. The van der Waals surface area contributed by atoms with Gasteiger partial charge in [0.25, 0.3) is 0 Å². The van der Waals surface area contributed by atoms with E-state index in [0.717, 1.165) is 32.1 Å². The van der Waals surface area contributed by atoms with Crippen molar-refractivity contribution in [3.05, 3.63) is 23.3 Å². The van der Waals surface area contributed by atoms with Crippen molar-refractivity contribution in [2.45, 2.75) is 71.7 Å². The Bertz CT molecular complexity index is 582. The van der Waals surface area contributed by atoms with Crippen molar-refractivity contribution in [1.29, 1.82) is 0 Å². The van der Waals surface area contributed by atoms with Crippen molar-refractivity contribution in [2.24, 2.45) is 16.2 Å². The molecule has 23 heavy (non-hydrogen) atoms. The van der Waals surface area contributed by atoms with Crippen LogP contribution in [0.5, 0.6) is 0 Å². The highest BCUT2D eigenvalue weighted by Crippen LogP contribution is 2.66. The number of fused-ring (bicyclic) bond motifs is 3. The normalized spacial score (nSPS) is 44.3. The molecule has 1 saturated carbocycles. The molecule has 3 aliphatic carbocycles. The summed E-state index contributed by atoms with van der Waals surface area (Å²) in [5, 5.41) is 10.7. The first-order valence-electron chi connectivity index (χ1n) is 9.15. The predicted octanol–water partition coefficient (Wildman–Crippen LogP) is 3.97. The van der Waals surface area contributed by atoms with Gasteiger partial charge >= 0.3 is 0 Å². The van der Waals surface area contributed by atoms with Gasteiger partial charge in [-0.2, -0.15) is 0 Å². The van der Waals surface area contributed by atoms with Gasteiger partial charge in [-0.05, 0) is 25.7 Å². The third-order valence-corrected chi connectivity index (χ3v) is 7.39. The van der Waals surface area contributed by atoms with Gasteiger partial charge < -0.3 is 14.6 Å². The lowest BCUT2D eigenvalue weighted by Crippen LogP contribution is -2.58. The fraction of sp³-hybridized carbons (Fsp3) is 0.800. The highest BCUT2D eigenvalue weighted by molar-refractivity contribution is 5.45. The summed E-state index contributed by atoms with van der Waals surface area (Å²) in [7, 11) is 0. The van der Waals surface area contributed by atoms with E-state index in [2.05, 4.69) is 39.8 Å². The second-order valence-electron chi connectivity index (χ2n) is 8.86. The molecule has 2 unspecified atom stereocenters. The molecule has 1 aliphatic heterocycles. The number of hydrogen-bond donors (Lipinski definition) is 1. The molecule has 0 radical (unpaired) electrons. The van der Waals surface area contributed by atoms with E-state index in [4.69, 9.17) is 9.47 Å². The molecular weight excluding hydrogens is 288 g/mol. The summed E-state index contributed by atoms with van der Waals surface area (Å²) in [5.74, 6) is -0.458. The van der Waals surface area contributed by atoms with Crippen LogP contribution in [0.15, 0.2) is 23.3 Å². The van der Waals surface area contributed by atoms with Gasteiger partial charge in [-0.3, -0.25) is 0 Å². The number of hydrogen-bond acceptors (Lipinski definition) is 3. The minimum Gasteiger partial charge on any atom is -0.392 e. The minimum absolute atomic E-state index is 0.0263. The molecule has 1 N–H and O–H groups in total. The Balaban J connectivity index is 1.83. The second kappa shape index (κ2) is 4.71. The van der Waals surface area contributed by atoms with Crippen LogP contribution in [0, 0.1) is 16.2 Å². The Morgan fingerprint density at radius 2 is 1.70 bits per heavy atom. The van der Waals surface area contributed by atoms with E-state index in [9.17, 15) is 5.11 Å². The third kappa shape index (κ3) is 1.82. The molecule has 0 aromatic carbocycles. The van der Waals surface area contributed by atoms with Gasteiger partial charge in [0, 0.05) is 22.7 Å². The van der Waals surface area contributed by atoms with Gasteiger partial charge in [-0.15, -0.1) is 0 Å². The highest BCUT2D eigenvalue weighted by Gasteiger charge is 2.63. The van der Waals surface area contributed by atoms with E-state index < -0.39 is 5.79 Å². The van der Waals surface area contributed by atoms with Crippen molar-refractivity contribution < 1.29 is 14.6 Å². The third-order valence-electron chi connectivity index (χ3n) is 7.39. The average molecular weight is 318 g/mol. The second-order valence-corrected chi connectivity index (χ2v) is 8.86. The fourth-order valence-electron chi connectivity index (χ4n) is 6.01. The maximum absolute atomic E-state index is 10.7. The first-order valence-corrected chi connectivity index (χ1v) is 9.15. The van der Waals surface area contributed by atoms with Crippen molar-refractivity contribution in [3.8, 4) is 0 Å². The zero-order valence-electron chi connectivity index (χ0n) is 14.9. The molecule has 0 amide bonds. The number of aliphatic hydroxyl groups excluding tert-OH is 1. The average Bonchev–Trinajstić information content (AvgIpc) is 2.97. The van der Waals surface area contributed by atoms with Crippen LogP contribution in [0.4, 0.5) is 0 Å². The van der Waals surface area contributed by atoms with Crippen molar-refractivity contribution in [1.82, 2.24) is 0 Å². The summed E-state index contributed by atoms with van der Waals surface area (Å²) in [4.78, 5) is 0. The lowest BCUT2D eigenvalue weighted by Gasteiger charge is -2.60. The summed E-state index contributed by atoms with van der Waals surface area (Å²) < 4.78 is 12.3. The van der Waals surface area contributed by atoms with Gasteiger partial charge in [-0.25, -0.2) is 0 Å². The van der Waals surface area contributed by atoms with Crippen LogP contribution >= 0.6 is 0 Å². The predicted molar refractivity (Wildman–Crippen MR) is 89.9 cm³/mol. The summed E-state index contributed by atoms with van der Waals surface area (Å²) in [6, 6.07) is 0. The van der Waals surface area contributed by atoms with Crippen LogP contribution < -0.4 is 0 Å². The molecular formula is C20H30O3. The van der Waals surface area contributed by atoms with Gasteiger partial charge in [0.1, 0.15) is 0 Å². The summed E-state index contributed by atoms with van der Waals surface area (Å²) in [6.07, 6.45) is 9.36. The summed E-state index contributed by atoms with van der Waals surface area (Å²) in [6.45, 7) is 10.6. The molecule has 1 heterocycles. The summed E-state index contributed by atoms with van der Waals surface area (Å²) >= 11 is 0. The molecule has 3 heteroatoms.